The van der Waals surface area contributed by atoms with Crippen LogP contribution in [0.5, 0.6) is 0 Å². The van der Waals surface area contributed by atoms with E-state index < -0.39 is 0 Å². The molecule has 0 bridgehead atoms. The molecule has 120 valence electrons. The Bertz CT molecular complexity index is 487. The number of nitrogens with one attached hydrogen (secondary N) is 1. The van der Waals surface area contributed by atoms with Crippen molar-refractivity contribution in [1.29, 1.82) is 0 Å². The molecule has 1 aromatic carbocycles. The van der Waals surface area contributed by atoms with E-state index in [2.05, 4.69) is 35.6 Å². The second kappa shape index (κ2) is 7.28. The third-order valence-electron chi connectivity index (χ3n) is 5.51. The van der Waals surface area contributed by atoms with Crippen molar-refractivity contribution in [3.05, 3.63) is 35.9 Å². The Morgan fingerprint density at radius 3 is 2.50 bits per heavy atom. The van der Waals surface area contributed by atoms with Gasteiger partial charge in [0.25, 0.3) is 0 Å². The molecule has 2 aliphatic rings. The van der Waals surface area contributed by atoms with Crippen molar-refractivity contribution in [3.8, 4) is 0 Å². The van der Waals surface area contributed by atoms with E-state index in [1.807, 2.05) is 0 Å². The first-order valence-electron chi connectivity index (χ1n) is 8.81. The van der Waals surface area contributed by atoms with Crippen molar-refractivity contribution in [3.63, 3.8) is 0 Å². The quantitative estimate of drug-likeness (QED) is 0.878. The van der Waals surface area contributed by atoms with Gasteiger partial charge in [0.2, 0.25) is 5.91 Å². The molecule has 1 amide bonds. The minimum Gasteiger partial charge on any atom is -0.353 e. The summed E-state index contributed by atoms with van der Waals surface area (Å²) >= 11 is 0. The number of hydrogen-bond donors (Lipinski definition) is 2. The van der Waals surface area contributed by atoms with Gasteiger partial charge in [0.05, 0.1) is 0 Å². The number of benzene rings is 1. The van der Waals surface area contributed by atoms with Gasteiger partial charge in [0, 0.05) is 18.5 Å². The van der Waals surface area contributed by atoms with Crippen LogP contribution < -0.4 is 11.1 Å². The van der Waals surface area contributed by atoms with Crippen LogP contribution >= 0.6 is 0 Å². The van der Waals surface area contributed by atoms with Crippen LogP contribution in [0.4, 0.5) is 0 Å². The molecule has 1 aromatic rings. The minimum atomic E-state index is 0.215. The molecular weight excluding hydrogens is 272 g/mol. The molecule has 0 saturated heterocycles. The van der Waals surface area contributed by atoms with Gasteiger partial charge in [-0.2, -0.15) is 0 Å². The number of amides is 1. The summed E-state index contributed by atoms with van der Waals surface area (Å²) in [5.74, 6) is 1.20. The van der Waals surface area contributed by atoms with Crippen LogP contribution in [-0.4, -0.2) is 18.0 Å². The molecule has 3 nitrogen and oxygen atoms in total. The fourth-order valence-electron chi connectivity index (χ4n) is 4.21. The Morgan fingerprint density at radius 2 is 1.77 bits per heavy atom. The predicted molar refractivity (Wildman–Crippen MR) is 89.4 cm³/mol. The van der Waals surface area contributed by atoms with Gasteiger partial charge in [-0.1, -0.05) is 43.2 Å². The van der Waals surface area contributed by atoms with Gasteiger partial charge in [0.15, 0.2) is 0 Å². The zero-order chi connectivity index (χ0) is 15.4. The highest BCUT2D eigenvalue weighted by molar-refractivity contribution is 5.76. The highest BCUT2D eigenvalue weighted by atomic mass is 16.1. The minimum absolute atomic E-state index is 0.215. The van der Waals surface area contributed by atoms with Crippen molar-refractivity contribution in [2.45, 2.75) is 63.5 Å². The van der Waals surface area contributed by atoms with Gasteiger partial charge in [-0.3, -0.25) is 4.79 Å². The Hall–Kier alpha value is -1.35. The smallest absolute Gasteiger partial charge is 0.220 e. The fraction of sp³-hybridized carbons (Fsp3) is 0.632. The standard InChI is InChI=1S/C19H28N2O/c20-17-10-4-8-15(17)13-19(22)21-18-11-5-9-16(18)12-14-6-2-1-3-7-14/h1-3,6-7,15-18H,4-5,8-13,20H2,(H,21,22)/t15-,16?,17+,18?/m0/s1. The van der Waals surface area contributed by atoms with Crippen LogP contribution in [0.1, 0.15) is 50.5 Å². The largest absolute Gasteiger partial charge is 0.353 e. The average molecular weight is 300 g/mol. The van der Waals surface area contributed by atoms with Gasteiger partial charge in [-0.05, 0) is 49.5 Å². The van der Waals surface area contributed by atoms with Crippen molar-refractivity contribution < 1.29 is 4.79 Å². The third kappa shape index (κ3) is 3.89. The van der Waals surface area contributed by atoms with Gasteiger partial charge in [-0.25, -0.2) is 0 Å². The summed E-state index contributed by atoms with van der Waals surface area (Å²) in [6.45, 7) is 0. The molecule has 4 atom stereocenters. The van der Waals surface area contributed by atoms with E-state index in [-0.39, 0.29) is 11.9 Å². The summed E-state index contributed by atoms with van der Waals surface area (Å²) in [5.41, 5.74) is 7.47. The number of rotatable bonds is 5. The summed E-state index contributed by atoms with van der Waals surface area (Å²) in [6.07, 6.45) is 8.66. The van der Waals surface area contributed by atoms with Gasteiger partial charge in [0.1, 0.15) is 0 Å². The normalized spacial score (nSPS) is 31.3. The maximum Gasteiger partial charge on any atom is 0.220 e. The van der Waals surface area contributed by atoms with E-state index in [4.69, 9.17) is 5.73 Å². The van der Waals surface area contributed by atoms with Gasteiger partial charge >= 0.3 is 0 Å². The first-order chi connectivity index (χ1) is 10.7. The topological polar surface area (TPSA) is 55.1 Å². The zero-order valence-electron chi connectivity index (χ0n) is 13.3. The molecule has 0 heterocycles. The van der Waals surface area contributed by atoms with Crippen LogP contribution in [0.25, 0.3) is 0 Å². The van der Waals surface area contributed by atoms with Crippen LogP contribution in [0, 0.1) is 11.8 Å². The summed E-state index contributed by atoms with van der Waals surface area (Å²) in [6, 6.07) is 11.2. The molecule has 2 fully saturated rings. The molecular formula is C19H28N2O. The molecule has 3 N–H and O–H groups in total. The van der Waals surface area contributed by atoms with Crippen molar-refractivity contribution in [2.24, 2.45) is 17.6 Å². The molecule has 0 spiro atoms. The predicted octanol–water partition coefficient (Wildman–Crippen LogP) is 3.03. The molecule has 3 rings (SSSR count). The lowest BCUT2D eigenvalue weighted by Gasteiger charge is -2.23. The Morgan fingerprint density at radius 1 is 1.05 bits per heavy atom. The molecule has 2 unspecified atom stereocenters. The van der Waals surface area contributed by atoms with Crippen LogP contribution in [0.15, 0.2) is 30.3 Å². The SMILES string of the molecule is N[C@@H]1CCC[C@H]1CC(=O)NC1CCCC1Cc1ccccc1. The van der Waals surface area contributed by atoms with Crippen LogP contribution in [0.2, 0.25) is 0 Å². The molecule has 22 heavy (non-hydrogen) atoms. The molecule has 3 heteroatoms. The Kier molecular flexibility index (Phi) is 5.14. The monoisotopic (exact) mass is 300 g/mol. The van der Waals surface area contributed by atoms with Crippen molar-refractivity contribution in [1.82, 2.24) is 5.32 Å². The molecule has 0 aromatic heterocycles. The second-order valence-corrected chi connectivity index (χ2v) is 7.11. The maximum atomic E-state index is 12.3. The average Bonchev–Trinajstić information content (AvgIpc) is 3.10. The van der Waals surface area contributed by atoms with Crippen molar-refractivity contribution >= 4 is 5.91 Å². The summed E-state index contributed by atoms with van der Waals surface area (Å²) in [7, 11) is 0. The number of nitrogens with two attached hydrogens (primary N) is 1. The molecule has 2 aliphatic carbocycles. The maximum absolute atomic E-state index is 12.3. The van der Waals surface area contributed by atoms with E-state index in [0.717, 1.165) is 25.7 Å². The van der Waals surface area contributed by atoms with Crippen LogP contribution in [-0.2, 0) is 11.2 Å². The summed E-state index contributed by atoms with van der Waals surface area (Å²) in [5, 5.41) is 3.30. The highest BCUT2D eigenvalue weighted by Gasteiger charge is 2.31. The lowest BCUT2D eigenvalue weighted by atomic mass is 9.94. The van der Waals surface area contributed by atoms with Gasteiger partial charge < -0.3 is 11.1 Å². The number of carbonyl (C=O) groups is 1. The van der Waals surface area contributed by atoms with E-state index >= 15 is 0 Å². The number of carbonyl (C=O) groups excluding carboxylic acids is 1. The van der Waals surface area contributed by atoms with Crippen LogP contribution in [0.3, 0.4) is 0 Å². The van der Waals surface area contributed by atoms with E-state index in [1.165, 1.54) is 24.8 Å². The molecule has 0 radical (unpaired) electrons. The lowest BCUT2D eigenvalue weighted by Crippen LogP contribution is -2.40. The molecule has 0 aliphatic heterocycles. The third-order valence-corrected chi connectivity index (χ3v) is 5.51. The molecule has 2 saturated carbocycles. The summed E-state index contributed by atoms with van der Waals surface area (Å²) in [4.78, 5) is 12.3. The number of hydrogen-bond acceptors (Lipinski definition) is 2. The highest BCUT2D eigenvalue weighted by Crippen LogP contribution is 2.30. The first kappa shape index (κ1) is 15.5. The van der Waals surface area contributed by atoms with Crippen molar-refractivity contribution in [2.75, 3.05) is 0 Å². The summed E-state index contributed by atoms with van der Waals surface area (Å²) < 4.78 is 0. The van der Waals surface area contributed by atoms with E-state index in [1.54, 1.807) is 0 Å². The van der Waals surface area contributed by atoms with E-state index in [0.29, 0.717) is 24.3 Å². The van der Waals surface area contributed by atoms with Gasteiger partial charge in [-0.15, -0.1) is 0 Å². The second-order valence-electron chi connectivity index (χ2n) is 7.11. The zero-order valence-corrected chi connectivity index (χ0v) is 13.3. The lowest BCUT2D eigenvalue weighted by molar-refractivity contribution is -0.123. The first-order valence-corrected chi connectivity index (χ1v) is 8.81. The Labute approximate surface area is 133 Å². The fourth-order valence-corrected chi connectivity index (χ4v) is 4.21. The van der Waals surface area contributed by atoms with E-state index in [9.17, 15) is 4.79 Å². The Balaban J connectivity index is 1.51.